The van der Waals surface area contributed by atoms with Crippen LogP contribution in [0.15, 0.2) is 48.8 Å². The van der Waals surface area contributed by atoms with E-state index in [4.69, 9.17) is 0 Å². The van der Waals surface area contributed by atoms with E-state index in [0.29, 0.717) is 30.0 Å². The molecule has 0 unspecified atom stereocenters. The molecule has 0 radical (unpaired) electrons. The van der Waals surface area contributed by atoms with Crippen LogP contribution in [0.5, 0.6) is 0 Å². The van der Waals surface area contributed by atoms with E-state index in [0.717, 1.165) is 36.8 Å². The number of para-hydroxylation sites is 1. The lowest BCUT2D eigenvalue weighted by Crippen LogP contribution is -2.29. The van der Waals surface area contributed by atoms with Crippen LogP contribution in [0, 0.1) is 0 Å². The molecule has 2 aromatic heterocycles. The molecule has 0 saturated heterocycles. The number of hydrogen-bond acceptors (Lipinski definition) is 6. The van der Waals surface area contributed by atoms with E-state index < -0.39 is 0 Å². The highest BCUT2D eigenvalue weighted by atomic mass is 16.3. The number of nitrogens with zero attached hydrogens (tertiary/aromatic N) is 3. The second-order valence-corrected chi connectivity index (χ2v) is 7.41. The first-order chi connectivity index (χ1) is 14.2. The largest absolute Gasteiger partial charge is 0.393 e. The molecule has 2 heterocycles. The summed E-state index contributed by atoms with van der Waals surface area (Å²) in [5.41, 5.74) is 2.11. The number of carbonyl (C=O) groups excluding carboxylic acids is 1. The van der Waals surface area contributed by atoms with Crippen LogP contribution in [-0.4, -0.2) is 44.7 Å². The molecule has 150 valence electrons. The Labute approximate surface area is 169 Å². The Kier molecular flexibility index (Phi) is 5.95. The summed E-state index contributed by atoms with van der Waals surface area (Å²) in [4.78, 5) is 26.0. The Bertz CT molecular complexity index is 971. The molecule has 0 bridgehead atoms. The molecule has 29 heavy (non-hydrogen) atoms. The molecule has 1 amide bonds. The third kappa shape index (κ3) is 4.86. The first-order valence-electron chi connectivity index (χ1n) is 10.1. The van der Waals surface area contributed by atoms with Crippen LogP contribution in [0.2, 0.25) is 0 Å². The third-order valence-electron chi connectivity index (χ3n) is 5.28. The minimum Gasteiger partial charge on any atom is -0.393 e. The normalized spacial score (nSPS) is 19.1. The van der Waals surface area contributed by atoms with Gasteiger partial charge in [0.2, 0.25) is 5.95 Å². The van der Waals surface area contributed by atoms with Gasteiger partial charge in [-0.1, -0.05) is 18.2 Å². The number of pyridine rings is 1. The van der Waals surface area contributed by atoms with Crippen molar-refractivity contribution in [3.63, 3.8) is 0 Å². The van der Waals surface area contributed by atoms with Crippen LogP contribution in [0.4, 0.5) is 5.95 Å². The first-order valence-corrected chi connectivity index (χ1v) is 10.1. The van der Waals surface area contributed by atoms with Crippen LogP contribution < -0.4 is 10.6 Å². The van der Waals surface area contributed by atoms with Crippen molar-refractivity contribution in [3.05, 3.63) is 60.0 Å². The minimum absolute atomic E-state index is 0.156. The van der Waals surface area contributed by atoms with Gasteiger partial charge in [-0.3, -0.25) is 9.78 Å². The average Bonchev–Trinajstić information content (AvgIpc) is 2.75. The fourth-order valence-electron chi connectivity index (χ4n) is 3.66. The Morgan fingerprint density at radius 2 is 1.93 bits per heavy atom. The SMILES string of the molecule is O=C(NCCc1ccccn1)c1cccc2cnc(N[C@H]3CC[C@H](O)CC3)nc12. The maximum Gasteiger partial charge on any atom is 0.253 e. The zero-order chi connectivity index (χ0) is 20.1. The molecule has 0 spiro atoms. The maximum atomic E-state index is 12.7. The Morgan fingerprint density at radius 3 is 2.72 bits per heavy atom. The average molecular weight is 391 g/mol. The molecule has 0 atom stereocenters. The number of benzene rings is 1. The first kappa shape index (κ1) is 19.3. The molecule has 1 fully saturated rings. The number of anilines is 1. The molecule has 1 aliphatic rings. The van der Waals surface area contributed by atoms with Gasteiger partial charge in [0, 0.05) is 42.5 Å². The zero-order valence-electron chi connectivity index (χ0n) is 16.2. The monoisotopic (exact) mass is 391 g/mol. The molecular weight excluding hydrogens is 366 g/mol. The van der Waals surface area contributed by atoms with Crippen LogP contribution in [-0.2, 0) is 6.42 Å². The fraction of sp³-hybridized carbons (Fsp3) is 0.364. The van der Waals surface area contributed by atoms with Gasteiger partial charge in [-0.2, -0.15) is 0 Å². The van der Waals surface area contributed by atoms with Gasteiger partial charge < -0.3 is 15.7 Å². The van der Waals surface area contributed by atoms with Gasteiger partial charge in [-0.05, 0) is 43.9 Å². The highest BCUT2D eigenvalue weighted by Crippen LogP contribution is 2.22. The summed E-state index contributed by atoms with van der Waals surface area (Å²) >= 11 is 0. The zero-order valence-corrected chi connectivity index (χ0v) is 16.2. The van der Waals surface area contributed by atoms with E-state index >= 15 is 0 Å². The van der Waals surface area contributed by atoms with Crippen LogP contribution in [0.25, 0.3) is 10.9 Å². The van der Waals surface area contributed by atoms with Crippen molar-refractivity contribution in [2.75, 3.05) is 11.9 Å². The molecule has 3 N–H and O–H groups in total. The molecule has 3 aromatic rings. The highest BCUT2D eigenvalue weighted by molar-refractivity contribution is 6.05. The van der Waals surface area contributed by atoms with Crippen molar-refractivity contribution in [1.82, 2.24) is 20.3 Å². The van der Waals surface area contributed by atoms with E-state index in [-0.39, 0.29) is 18.1 Å². The molecular formula is C22H25N5O2. The standard InChI is InChI=1S/C22H25N5O2/c28-18-9-7-17(8-10-18)26-22-25-14-15-4-3-6-19(20(15)27-22)21(29)24-13-11-16-5-1-2-12-23-16/h1-6,12,14,17-18,28H,7-11,13H2,(H,24,29)(H,25,26,27)/t17-,18-. The molecule has 1 saturated carbocycles. The van der Waals surface area contributed by atoms with Crippen molar-refractivity contribution in [3.8, 4) is 0 Å². The summed E-state index contributed by atoms with van der Waals surface area (Å²) in [5, 5.41) is 16.8. The van der Waals surface area contributed by atoms with Crippen molar-refractivity contribution >= 4 is 22.8 Å². The Balaban J connectivity index is 1.46. The second-order valence-electron chi connectivity index (χ2n) is 7.41. The van der Waals surface area contributed by atoms with Crippen LogP contribution in [0.1, 0.15) is 41.7 Å². The van der Waals surface area contributed by atoms with E-state index in [9.17, 15) is 9.90 Å². The number of aliphatic hydroxyl groups is 1. The molecule has 1 aliphatic carbocycles. The van der Waals surface area contributed by atoms with Crippen LogP contribution >= 0.6 is 0 Å². The Morgan fingerprint density at radius 1 is 1.07 bits per heavy atom. The van der Waals surface area contributed by atoms with Gasteiger partial charge in [-0.25, -0.2) is 9.97 Å². The molecule has 4 rings (SSSR count). The molecule has 7 nitrogen and oxygen atoms in total. The second kappa shape index (κ2) is 8.96. The molecule has 1 aromatic carbocycles. The number of fused-ring (bicyclic) bond motifs is 1. The number of hydrogen-bond donors (Lipinski definition) is 3. The minimum atomic E-state index is -0.202. The predicted molar refractivity (Wildman–Crippen MR) is 112 cm³/mol. The van der Waals surface area contributed by atoms with Crippen molar-refractivity contribution < 1.29 is 9.90 Å². The summed E-state index contributed by atoms with van der Waals surface area (Å²) in [7, 11) is 0. The molecule has 7 heteroatoms. The van der Waals surface area contributed by atoms with E-state index in [1.54, 1.807) is 18.5 Å². The molecule has 0 aliphatic heterocycles. The Hall–Kier alpha value is -3.06. The van der Waals surface area contributed by atoms with Gasteiger partial charge in [-0.15, -0.1) is 0 Å². The van der Waals surface area contributed by atoms with Crippen molar-refractivity contribution in [2.45, 2.75) is 44.2 Å². The number of amides is 1. The summed E-state index contributed by atoms with van der Waals surface area (Å²) in [5.74, 6) is 0.365. The summed E-state index contributed by atoms with van der Waals surface area (Å²) < 4.78 is 0. The van der Waals surface area contributed by atoms with Gasteiger partial charge in [0.15, 0.2) is 0 Å². The van der Waals surface area contributed by atoms with Crippen LogP contribution in [0.3, 0.4) is 0 Å². The van der Waals surface area contributed by atoms with Gasteiger partial charge in [0.1, 0.15) is 0 Å². The maximum absolute atomic E-state index is 12.7. The van der Waals surface area contributed by atoms with Crippen molar-refractivity contribution in [1.29, 1.82) is 0 Å². The summed E-state index contributed by atoms with van der Waals surface area (Å²) in [6.45, 7) is 0.507. The van der Waals surface area contributed by atoms with Gasteiger partial charge in [0.25, 0.3) is 5.91 Å². The van der Waals surface area contributed by atoms with E-state index in [1.807, 2.05) is 30.3 Å². The quantitative estimate of drug-likeness (QED) is 0.597. The number of carbonyl (C=O) groups is 1. The van der Waals surface area contributed by atoms with Gasteiger partial charge in [0.05, 0.1) is 17.2 Å². The summed E-state index contributed by atoms with van der Waals surface area (Å²) in [6.07, 6.45) is 7.31. The highest BCUT2D eigenvalue weighted by Gasteiger charge is 2.20. The number of rotatable bonds is 6. The van der Waals surface area contributed by atoms with E-state index in [1.165, 1.54) is 0 Å². The topological polar surface area (TPSA) is 100 Å². The van der Waals surface area contributed by atoms with Crippen molar-refractivity contribution in [2.24, 2.45) is 0 Å². The number of nitrogens with one attached hydrogen (secondary N) is 2. The predicted octanol–water partition coefficient (Wildman–Crippen LogP) is 2.71. The third-order valence-corrected chi connectivity index (χ3v) is 5.28. The number of aromatic nitrogens is 3. The lowest BCUT2D eigenvalue weighted by atomic mass is 9.93. The lowest BCUT2D eigenvalue weighted by molar-refractivity contribution is 0.0955. The summed E-state index contributed by atoms with van der Waals surface area (Å²) in [6, 6.07) is 11.5. The fourth-order valence-corrected chi connectivity index (χ4v) is 3.66. The smallest absolute Gasteiger partial charge is 0.253 e. The number of aliphatic hydroxyl groups excluding tert-OH is 1. The van der Waals surface area contributed by atoms with Gasteiger partial charge >= 0.3 is 0 Å². The lowest BCUT2D eigenvalue weighted by Gasteiger charge is -2.26. The van der Waals surface area contributed by atoms with E-state index in [2.05, 4.69) is 25.6 Å².